The Hall–Kier alpha value is 1.24. The van der Waals surface area contributed by atoms with E-state index in [4.69, 9.17) is 14.1 Å². The summed E-state index contributed by atoms with van der Waals surface area (Å²) in [4.78, 5) is 14.3. The summed E-state index contributed by atoms with van der Waals surface area (Å²) in [6, 6.07) is 0. The Morgan fingerprint density at radius 1 is 1.33 bits per heavy atom. The van der Waals surface area contributed by atoms with E-state index in [9.17, 15) is 0 Å². The molecule has 2 radical (unpaired) electrons. The van der Waals surface area contributed by atoms with Crippen LogP contribution < -0.4 is 0 Å². The quantitative estimate of drug-likeness (QED) is 0.492. The molecule has 2 N–H and O–H groups in total. The molecule has 0 bridgehead atoms. The maximum atomic E-state index is 8.74. The minimum atomic E-state index is -3.13. The maximum absolute atomic E-state index is 8.74. The molecule has 0 aromatic rings. The molecule has 0 unspecified atom stereocenters. The minimum absolute atomic E-state index is 0. The van der Waals surface area contributed by atoms with Gasteiger partial charge in [-0.1, -0.05) is 0 Å². The van der Waals surface area contributed by atoms with Gasteiger partial charge in [0.1, 0.15) is 0 Å². The van der Waals surface area contributed by atoms with Gasteiger partial charge in [-0.3, -0.25) is 4.46 Å². The standard InChI is InChI=1S/Cu.H2O3Si.Y/c;1-4(2)3;/h;1-2H;. The molecule has 0 amide bonds. The van der Waals surface area contributed by atoms with Gasteiger partial charge >= 0.3 is 9.17 Å². The van der Waals surface area contributed by atoms with Crippen LogP contribution >= 0.6 is 0 Å². The fourth-order valence-corrected chi connectivity index (χ4v) is 0. The molecule has 0 saturated heterocycles. The first-order valence-electron chi connectivity index (χ1n) is 0.651. The molecule has 0 aliphatic rings. The second-order valence-corrected chi connectivity index (χ2v) is 0.848. The zero-order chi connectivity index (χ0) is 3.58. The molecule has 0 atom stereocenters. The first kappa shape index (κ1) is 15.7. The van der Waals surface area contributed by atoms with Crippen molar-refractivity contribution in [2.24, 2.45) is 0 Å². The molecule has 0 saturated carbocycles. The molecule has 0 aliphatic carbocycles. The Labute approximate surface area is 72.4 Å². The normalized spacial score (nSPS) is 4.00. The van der Waals surface area contributed by atoms with Crippen LogP contribution in [0.25, 0.3) is 0 Å². The van der Waals surface area contributed by atoms with Crippen molar-refractivity contribution < 1.29 is 63.8 Å². The van der Waals surface area contributed by atoms with E-state index in [0.29, 0.717) is 0 Å². The second kappa shape index (κ2) is 9.53. The van der Waals surface area contributed by atoms with E-state index < -0.39 is 9.17 Å². The number of rotatable bonds is 0. The molecule has 0 aliphatic heterocycles. The summed E-state index contributed by atoms with van der Waals surface area (Å²) in [5.74, 6) is 0. The van der Waals surface area contributed by atoms with Gasteiger partial charge in [0.2, 0.25) is 0 Å². The van der Waals surface area contributed by atoms with Crippen molar-refractivity contribution in [2.45, 2.75) is 0 Å². The number of hydrogen-bond donors (Lipinski definition) is 2. The minimum Gasteiger partial charge on any atom is -0.511 e. The average molecular weight is 231 g/mol. The molecule has 0 heterocycles. The fraction of sp³-hybridized carbons (Fsp3) is 0. The summed E-state index contributed by atoms with van der Waals surface area (Å²) in [7, 11) is -3.13. The molecule has 0 rings (SSSR count). The third kappa shape index (κ3) is 61.3. The van der Waals surface area contributed by atoms with E-state index in [1.807, 2.05) is 0 Å². The molecule has 38 valence electrons. The van der Waals surface area contributed by atoms with Gasteiger partial charge in [0.15, 0.2) is 0 Å². The van der Waals surface area contributed by atoms with Crippen LogP contribution in [0.15, 0.2) is 0 Å². The van der Waals surface area contributed by atoms with E-state index in [0.717, 1.165) is 0 Å². The van der Waals surface area contributed by atoms with E-state index in [-0.39, 0.29) is 49.8 Å². The van der Waals surface area contributed by atoms with Crippen molar-refractivity contribution in [1.82, 2.24) is 0 Å². The Kier molecular flexibility index (Phi) is 24.9. The van der Waals surface area contributed by atoms with Crippen molar-refractivity contribution >= 4 is 9.17 Å². The van der Waals surface area contributed by atoms with E-state index >= 15 is 0 Å². The molecule has 0 spiro atoms. The van der Waals surface area contributed by atoms with Crippen LogP contribution in [0.3, 0.4) is 0 Å². The Bertz CT molecular complexity index is 33.8. The van der Waals surface area contributed by atoms with Gasteiger partial charge in [0.25, 0.3) is 0 Å². The van der Waals surface area contributed by atoms with Crippen LogP contribution in [0, 0.1) is 0 Å². The summed E-state index contributed by atoms with van der Waals surface area (Å²) in [5, 5.41) is 0. The largest absolute Gasteiger partial charge is 0.761 e. The van der Waals surface area contributed by atoms with E-state index in [2.05, 4.69) is 0 Å². The first-order valence-corrected chi connectivity index (χ1v) is 1.95. The van der Waals surface area contributed by atoms with Crippen LogP contribution in [0.2, 0.25) is 0 Å². The van der Waals surface area contributed by atoms with Gasteiger partial charge in [-0.15, -0.1) is 0 Å². The molecule has 6 heavy (non-hydrogen) atoms. The zero-order valence-corrected chi connectivity index (χ0v) is 7.46. The Morgan fingerprint density at radius 3 is 1.33 bits per heavy atom. The van der Waals surface area contributed by atoms with Gasteiger partial charge in [0.05, 0.1) is 0 Å². The van der Waals surface area contributed by atoms with Gasteiger partial charge in [-0.05, 0) is 0 Å². The second-order valence-electron chi connectivity index (χ2n) is 0.283. The Morgan fingerprint density at radius 2 is 1.33 bits per heavy atom. The fourth-order valence-electron chi connectivity index (χ4n) is 0. The summed E-state index contributed by atoms with van der Waals surface area (Å²) in [5.41, 5.74) is 0. The van der Waals surface area contributed by atoms with Crippen molar-refractivity contribution in [3.8, 4) is 0 Å². The molecule has 6 heteroatoms. The zero-order valence-electron chi connectivity index (χ0n) is 2.68. The SMILES string of the molecule is O=[Si](O)O.[Cu].[Y]. The van der Waals surface area contributed by atoms with Crippen molar-refractivity contribution in [2.75, 3.05) is 0 Å². The molecule has 0 aromatic heterocycles. The maximum Gasteiger partial charge on any atom is 0.761 e. The predicted molar refractivity (Wildman–Crippen MR) is 10.9 cm³/mol. The van der Waals surface area contributed by atoms with Gasteiger partial charge in [-0.25, -0.2) is 0 Å². The summed E-state index contributed by atoms with van der Waals surface area (Å²) >= 11 is 0. The Balaban J connectivity index is -0.0000000450. The molecular weight excluding hydrogens is 229 g/mol. The van der Waals surface area contributed by atoms with Crippen LogP contribution in [-0.4, -0.2) is 18.8 Å². The van der Waals surface area contributed by atoms with Crippen LogP contribution in [0.1, 0.15) is 0 Å². The first-order chi connectivity index (χ1) is 1.73. The van der Waals surface area contributed by atoms with Gasteiger partial charge < -0.3 is 9.59 Å². The van der Waals surface area contributed by atoms with Crippen LogP contribution in [0.4, 0.5) is 0 Å². The summed E-state index contributed by atoms with van der Waals surface area (Å²) in [6.45, 7) is 0. The number of hydrogen-bond acceptors (Lipinski definition) is 1. The average Bonchev–Trinajstić information content (AvgIpc) is 0.811. The van der Waals surface area contributed by atoms with E-state index in [1.165, 1.54) is 0 Å². The third-order valence-electron chi connectivity index (χ3n) is 0. The third-order valence-corrected chi connectivity index (χ3v) is 0. The molecular formula is H2CuO3SiY. The van der Waals surface area contributed by atoms with E-state index in [1.54, 1.807) is 0 Å². The van der Waals surface area contributed by atoms with Crippen LogP contribution in [0.5, 0.6) is 0 Å². The monoisotopic (exact) mass is 230 g/mol. The smallest absolute Gasteiger partial charge is 0.511 e. The van der Waals surface area contributed by atoms with Crippen molar-refractivity contribution in [3.63, 3.8) is 0 Å². The molecule has 0 fully saturated rings. The van der Waals surface area contributed by atoms with Crippen LogP contribution in [-0.2, 0) is 54.2 Å². The molecule has 3 nitrogen and oxygen atoms in total. The van der Waals surface area contributed by atoms with Crippen molar-refractivity contribution in [3.05, 3.63) is 0 Å². The summed E-state index contributed by atoms with van der Waals surface area (Å²) in [6.07, 6.45) is 0. The topological polar surface area (TPSA) is 57.5 Å². The van der Waals surface area contributed by atoms with Gasteiger partial charge in [0, 0.05) is 49.8 Å². The summed E-state index contributed by atoms with van der Waals surface area (Å²) < 4.78 is 8.74. The van der Waals surface area contributed by atoms with Crippen molar-refractivity contribution in [1.29, 1.82) is 0 Å². The molecule has 0 aromatic carbocycles. The van der Waals surface area contributed by atoms with Gasteiger partial charge in [-0.2, -0.15) is 0 Å². The predicted octanol–water partition coefficient (Wildman–Crippen LogP) is -1.62.